The second-order valence-electron chi connectivity index (χ2n) is 5.28. The van der Waals surface area contributed by atoms with Gasteiger partial charge in [0, 0.05) is 32.4 Å². The molecule has 0 radical (unpaired) electrons. The van der Waals surface area contributed by atoms with Crippen LogP contribution in [0.5, 0.6) is 11.6 Å². The fourth-order valence-corrected chi connectivity index (χ4v) is 1.93. The maximum absolute atomic E-state index is 12.8. The van der Waals surface area contributed by atoms with Gasteiger partial charge in [-0.1, -0.05) is 6.07 Å². The Hall–Kier alpha value is -2.11. The predicted octanol–water partition coefficient (Wildman–Crippen LogP) is 4.25. The van der Waals surface area contributed by atoms with Gasteiger partial charge in [-0.25, -0.2) is 9.37 Å². The summed E-state index contributed by atoms with van der Waals surface area (Å²) in [4.78, 5) is 7.98. The summed E-state index contributed by atoms with van der Waals surface area (Å²) in [6.07, 6.45) is -3.59. The highest BCUT2D eigenvalue weighted by Gasteiger charge is 2.26. The molecule has 0 saturated carbocycles. The van der Waals surface area contributed by atoms with Crippen molar-refractivity contribution in [2.45, 2.75) is 19.1 Å². The molecule has 148 valence electrons. The third-order valence-corrected chi connectivity index (χ3v) is 3.22. The molecule has 0 amide bonds. The highest BCUT2D eigenvalue weighted by Crippen LogP contribution is 2.19. The fourth-order valence-electron chi connectivity index (χ4n) is 1.93. The van der Waals surface area contributed by atoms with Crippen LogP contribution in [0.4, 0.5) is 17.6 Å². The van der Waals surface area contributed by atoms with Gasteiger partial charge in [0.05, 0.1) is 6.42 Å². The summed E-state index contributed by atoms with van der Waals surface area (Å²) < 4.78 is 54.7. The summed E-state index contributed by atoms with van der Waals surface area (Å²) in [5, 5.41) is 5.48. The van der Waals surface area contributed by atoms with Crippen LogP contribution in [0.25, 0.3) is 0 Å². The molecule has 1 aromatic heterocycles. The van der Waals surface area contributed by atoms with E-state index in [-0.39, 0.29) is 42.3 Å². The monoisotopic (exact) mass is 498 g/mol. The van der Waals surface area contributed by atoms with Crippen LogP contribution in [-0.4, -0.2) is 30.7 Å². The molecule has 2 rings (SSSR count). The maximum Gasteiger partial charge on any atom is 0.390 e. The Labute approximate surface area is 171 Å². The van der Waals surface area contributed by atoms with Gasteiger partial charge in [0.25, 0.3) is 0 Å². The lowest BCUT2D eigenvalue weighted by molar-refractivity contribution is -0.132. The zero-order valence-corrected chi connectivity index (χ0v) is 16.7. The largest absolute Gasteiger partial charge is 0.439 e. The van der Waals surface area contributed by atoms with E-state index in [1.165, 1.54) is 31.3 Å². The average molecular weight is 498 g/mol. The van der Waals surface area contributed by atoms with Crippen molar-refractivity contribution in [2.75, 3.05) is 13.6 Å². The van der Waals surface area contributed by atoms with Crippen LogP contribution >= 0.6 is 24.0 Å². The first-order valence-electron chi connectivity index (χ1n) is 7.75. The van der Waals surface area contributed by atoms with Gasteiger partial charge >= 0.3 is 6.18 Å². The van der Waals surface area contributed by atoms with Crippen molar-refractivity contribution in [1.29, 1.82) is 0 Å². The SMILES string of the molecule is CN=C(NCCC(F)(F)F)NCc1ccc(Oc2ccc(F)cc2)nc1.I. The molecule has 0 bridgehead atoms. The quantitative estimate of drug-likeness (QED) is 0.271. The summed E-state index contributed by atoms with van der Waals surface area (Å²) >= 11 is 0. The van der Waals surface area contributed by atoms with E-state index in [0.717, 1.165) is 5.56 Å². The number of halogens is 5. The summed E-state index contributed by atoms with van der Waals surface area (Å²) in [6, 6.07) is 8.93. The lowest BCUT2D eigenvalue weighted by Gasteiger charge is -2.13. The molecule has 0 unspecified atom stereocenters. The number of hydrogen-bond donors (Lipinski definition) is 2. The van der Waals surface area contributed by atoms with Crippen molar-refractivity contribution in [3.8, 4) is 11.6 Å². The van der Waals surface area contributed by atoms with Crippen molar-refractivity contribution >= 4 is 29.9 Å². The van der Waals surface area contributed by atoms with Crippen LogP contribution in [0, 0.1) is 5.82 Å². The van der Waals surface area contributed by atoms with Gasteiger partial charge in [0.1, 0.15) is 11.6 Å². The Kier molecular flexibility index (Phi) is 9.26. The lowest BCUT2D eigenvalue weighted by atomic mass is 10.3. The molecule has 2 N–H and O–H groups in total. The van der Waals surface area contributed by atoms with E-state index in [9.17, 15) is 17.6 Å². The first-order chi connectivity index (χ1) is 12.4. The molecule has 10 heteroatoms. The molecule has 0 fully saturated rings. The molecule has 0 atom stereocenters. The third-order valence-electron chi connectivity index (χ3n) is 3.22. The molecule has 27 heavy (non-hydrogen) atoms. The molecule has 0 aliphatic carbocycles. The van der Waals surface area contributed by atoms with Crippen LogP contribution < -0.4 is 15.4 Å². The Balaban J connectivity index is 0.00000364. The standard InChI is InChI=1S/C17H18F4N4O.HI/c1-22-16(23-9-8-17(19,20)21)25-11-12-2-7-15(24-10-12)26-14-5-3-13(18)4-6-14;/h2-7,10H,8-9,11H2,1H3,(H2,22,23,25);1H. The molecular weight excluding hydrogens is 479 g/mol. The number of rotatable bonds is 6. The third kappa shape index (κ3) is 8.89. The highest BCUT2D eigenvalue weighted by molar-refractivity contribution is 14.0. The van der Waals surface area contributed by atoms with Crippen LogP contribution in [0.2, 0.25) is 0 Å². The van der Waals surface area contributed by atoms with Gasteiger partial charge in [0.15, 0.2) is 5.96 Å². The zero-order valence-electron chi connectivity index (χ0n) is 14.4. The van der Waals surface area contributed by atoms with Crippen LogP contribution in [0.1, 0.15) is 12.0 Å². The Morgan fingerprint density at radius 3 is 2.37 bits per heavy atom. The van der Waals surface area contributed by atoms with E-state index in [4.69, 9.17) is 4.74 Å². The normalized spacial score (nSPS) is 11.5. The second kappa shape index (κ2) is 10.9. The van der Waals surface area contributed by atoms with Crippen molar-refractivity contribution in [2.24, 2.45) is 4.99 Å². The molecule has 0 saturated heterocycles. The maximum atomic E-state index is 12.8. The molecule has 0 aliphatic heterocycles. The van der Waals surface area contributed by atoms with Crippen molar-refractivity contribution in [3.63, 3.8) is 0 Å². The Morgan fingerprint density at radius 2 is 1.81 bits per heavy atom. The van der Waals surface area contributed by atoms with E-state index >= 15 is 0 Å². The summed E-state index contributed by atoms with van der Waals surface area (Å²) in [5.41, 5.74) is 0.787. The second-order valence-corrected chi connectivity index (χ2v) is 5.28. The predicted molar refractivity (Wildman–Crippen MR) is 105 cm³/mol. The summed E-state index contributed by atoms with van der Waals surface area (Å²) in [5.74, 6) is 0.706. The summed E-state index contributed by atoms with van der Waals surface area (Å²) in [6.45, 7) is 0.0708. The molecule has 2 aromatic rings. The molecule has 5 nitrogen and oxygen atoms in total. The Morgan fingerprint density at radius 1 is 1.11 bits per heavy atom. The van der Waals surface area contributed by atoms with Gasteiger partial charge < -0.3 is 15.4 Å². The number of ether oxygens (including phenoxy) is 1. The van der Waals surface area contributed by atoms with E-state index in [0.29, 0.717) is 18.2 Å². The molecule has 1 aromatic carbocycles. The van der Waals surface area contributed by atoms with Gasteiger partial charge in [-0.15, -0.1) is 24.0 Å². The van der Waals surface area contributed by atoms with Gasteiger partial charge in [-0.05, 0) is 29.8 Å². The molecule has 0 aliphatic rings. The topological polar surface area (TPSA) is 58.5 Å². The van der Waals surface area contributed by atoms with Crippen molar-refractivity contribution in [1.82, 2.24) is 15.6 Å². The number of aliphatic imine (C=N–C) groups is 1. The number of nitrogens with zero attached hydrogens (tertiary/aromatic N) is 2. The van der Waals surface area contributed by atoms with Gasteiger partial charge in [-0.2, -0.15) is 13.2 Å². The first-order valence-corrected chi connectivity index (χ1v) is 7.75. The van der Waals surface area contributed by atoms with E-state index < -0.39 is 12.6 Å². The van der Waals surface area contributed by atoms with E-state index in [2.05, 4.69) is 20.6 Å². The number of hydrogen-bond acceptors (Lipinski definition) is 3. The first kappa shape index (κ1) is 22.9. The van der Waals surface area contributed by atoms with Gasteiger partial charge in [0.2, 0.25) is 5.88 Å². The van der Waals surface area contributed by atoms with E-state index in [1.807, 2.05) is 0 Å². The Bertz CT molecular complexity index is 721. The zero-order chi connectivity index (χ0) is 19.0. The van der Waals surface area contributed by atoms with E-state index in [1.54, 1.807) is 18.3 Å². The minimum absolute atomic E-state index is 0. The minimum Gasteiger partial charge on any atom is -0.439 e. The van der Waals surface area contributed by atoms with Crippen LogP contribution in [-0.2, 0) is 6.54 Å². The number of guanidine groups is 1. The number of pyridine rings is 1. The number of benzene rings is 1. The highest BCUT2D eigenvalue weighted by atomic mass is 127. The van der Waals surface area contributed by atoms with Crippen LogP contribution in [0.3, 0.4) is 0 Å². The molecule has 0 spiro atoms. The smallest absolute Gasteiger partial charge is 0.390 e. The fraction of sp³-hybridized carbons (Fsp3) is 0.294. The molecular formula is C17H19F4IN4O. The van der Waals surface area contributed by atoms with Crippen molar-refractivity contribution < 1.29 is 22.3 Å². The van der Waals surface area contributed by atoms with Gasteiger partial charge in [-0.3, -0.25) is 4.99 Å². The number of alkyl halides is 3. The lowest BCUT2D eigenvalue weighted by Crippen LogP contribution is -2.38. The van der Waals surface area contributed by atoms with Crippen molar-refractivity contribution in [3.05, 3.63) is 54.0 Å². The van der Waals surface area contributed by atoms with Crippen LogP contribution in [0.15, 0.2) is 47.6 Å². The summed E-state index contributed by atoms with van der Waals surface area (Å²) in [7, 11) is 1.47. The molecule has 1 heterocycles. The number of nitrogens with one attached hydrogen (secondary N) is 2. The number of aromatic nitrogens is 1. The average Bonchev–Trinajstić information content (AvgIpc) is 2.60. The minimum atomic E-state index is -4.21.